The van der Waals surface area contributed by atoms with Gasteiger partial charge in [0.15, 0.2) is 0 Å². The molecule has 2 saturated heterocycles. The van der Waals surface area contributed by atoms with Crippen LogP contribution in [-0.2, 0) is 38.9 Å². The predicted octanol–water partition coefficient (Wildman–Crippen LogP) is 3.82. The highest BCUT2D eigenvalue weighted by Crippen LogP contribution is 2.41. The third-order valence-corrected chi connectivity index (χ3v) is 20.7. The Morgan fingerprint density at radius 3 is 1.00 bits per heavy atom. The average molecular weight is 515 g/mol. The van der Waals surface area contributed by atoms with E-state index >= 15 is 0 Å². The maximum absolute atomic E-state index is 6.82. The molecule has 2 rings (SSSR count). The number of hydrogen-bond acceptors (Lipinski definition) is 9. The highest BCUT2D eigenvalue weighted by Gasteiger charge is 2.65. The van der Waals surface area contributed by atoms with E-state index in [1.807, 2.05) is 41.5 Å². The molecule has 2 fully saturated rings. The van der Waals surface area contributed by atoms with E-state index < -0.39 is 35.2 Å². The second-order valence-electron chi connectivity index (χ2n) is 7.34. The molecule has 2 aliphatic rings. The van der Waals surface area contributed by atoms with Crippen molar-refractivity contribution in [1.29, 1.82) is 0 Å². The maximum Gasteiger partial charge on any atom is 0.493 e. The molecule has 0 amide bonds. The van der Waals surface area contributed by atoms with E-state index in [1.54, 1.807) is 0 Å². The van der Waals surface area contributed by atoms with E-state index in [4.69, 9.17) is 38.9 Å². The van der Waals surface area contributed by atoms with Crippen molar-refractivity contribution in [3.63, 3.8) is 0 Å². The van der Waals surface area contributed by atoms with Crippen molar-refractivity contribution in [1.82, 2.24) is 0 Å². The first-order valence-electron chi connectivity index (χ1n) is 11.8. The molecular weight excluding hydrogens is 473 g/mol. The topological polar surface area (TPSA) is 83.1 Å². The van der Waals surface area contributed by atoms with E-state index in [9.17, 15) is 0 Å². The largest absolute Gasteiger partial charge is 0.493 e. The fourth-order valence-electron chi connectivity index (χ4n) is 4.17. The first-order valence-corrected chi connectivity index (χ1v) is 19.6. The van der Waals surface area contributed by atoms with Gasteiger partial charge in [0.25, 0.3) is 0 Å². The van der Waals surface area contributed by atoms with E-state index in [0.29, 0.717) is 51.7 Å². The Hall–Kier alpha value is 0.508. The SMILES string of the molecule is CCO[Si]1(OCC)CCC[Si](OCC)(O[Si]2(OCC)CCC[Si](OCC)(OCC)O2)O1. The first kappa shape index (κ1) is 27.7. The summed E-state index contributed by atoms with van der Waals surface area (Å²) in [4.78, 5) is 0. The second kappa shape index (κ2) is 12.8. The molecule has 0 aromatic rings. The zero-order chi connectivity index (χ0) is 22.8. The van der Waals surface area contributed by atoms with Gasteiger partial charge in [-0.05, 0) is 54.4 Å². The molecular formula is C18H42O9Si4. The van der Waals surface area contributed by atoms with Gasteiger partial charge >= 0.3 is 35.2 Å². The second-order valence-corrected chi connectivity index (χ2v) is 19.0. The third-order valence-electron chi connectivity index (χ3n) is 5.05. The molecule has 0 bridgehead atoms. The highest BCUT2D eigenvalue weighted by atomic mass is 28.5. The average Bonchev–Trinajstić information content (AvgIpc) is 2.69. The summed E-state index contributed by atoms with van der Waals surface area (Å²) in [6.45, 7) is 14.8. The summed E-state index contributed by atoms with van der Waals surface area (Å²) in [5, 5.41) is 0. The third kappa shape index (κ3) is 7.24. The van der Waals surface area contributed by atoms with Gasteiger partial charge in [-0.15, -0.1) is 0 Å². The number of rotatable bonds is 14. The molecule has 0 aromatic carbocycles. The molecule has 31 heavy (non-hydrogen) atoms. The Morgan fingerprint density at radius 2 is 0.710 bits per heavy atom. The Balaban J connectivity index is 2.35. The van der Waals surface area contributed by atoms with Crippen molar-refractivity contribution in [3.05, 3.63) is 0 Å². The Bertz CT molecular complexity index is 457. The zero-order valence-corrected chi connectivity index (χ0v) is 24.2. The lowest BCUT2D eigenvalue weighted by Crippen LogP contribution is -2.69. The van der Waals surface area contributed by atoms with Gasteiger partial charge in [0.05, 0.1) is 0 Å². The van der Waals surface area contributed by atoms with E-state index in [2.05, 4.69) is 0 Å². The van der Waals surface area contributed by atoms with E-state index in [-0.39, 0.29) is 0 Å². The van der Waals surface area contributed by atoms with Crippen molar-refractivity contribution < 1.29 is 38.9 Å². The van der Waals surface area contributed by atoms with Gasteiger partial charge < -0.3 is 38.9 Å². The lowest BCUT2D eigenvalue weighted by atomic mass is 10.6. The molecule has 0 N–H and O–H groups in total. The molecule has 2 atom stereocenters. The summed E-state index contributed by atoms with van der Waals surface area (Å²) in [6.07, 6.45) is 1.74. The molecule has 2 heterocycles. The van der Waals surface area contributed by atoms with Crippen LogP contribution in [-0.4, -0.2) is 74.9 Å². The molecule has 184 valence electrons. The molecule has 2 aliphatic heterocycles. The van der Waals surface area contributed by atoms with Crippen LogP contribution in [0, 0.1) is 0 Å². The van der Waals surface area contributed by atoms with Crippen molar-refractivity contribution in [3.8, 4) is 0 Å². The lowest BCUT2D eigenvalue weighted by molar-refractivity contribution is 0.0250. The summed E-state index contributed by atoms with van der Waals surface area (Å²) in [6, 6.07) is 2.92. The monoisotopic (exact) mass is 514 g/mol. The smallest absolute Gasteiger partial charge is 0.375 e. The minimum atomic E-state index is -3.16. The summed E-state index contributed by atoms with van der Waals surface area (Å²) >= 11 is 0. The fourth-order valence-corrected chi connectivity index (χ4v) is 22.1. The van der Waals surface area contributed by atoms with Gasteiger partial charge in [0.1, 0.15) is 0 Å². The van der Waals surface area contributed by atoms with Crippen LogP contribution in [0.5, 0.6) is 0 Å². The van der Waals surface area contributed by atoms with Crippen LogP contribution in [0.15, 0.2) is 0 Å². The quantitative estimate of drug-likeness (QED) is 0.321. The molecule has 0 spiro atoms. The van der Waals surface area contributed by atoms with Gasteiger partial charge in [-0.2, -0.15) is 0 Å². The summed E-state index contributed by atoms with van der Waals surface area (Å²) in [5.41, 5.74) is 0. The normalized spacial score (nSPS) is 30.4. The maximum atomic E-state index is 6.82. The van der Waals surface area contributed by atoms with Gasteiger partial charge in [-0.3, -0.25) is 0 Å². The summed E-state index contributed by atoms with van der Waals surface area (Å²) < 4.78 is 56.9. The Kier molecular flexibility index (Phi) is 11.5. The van der Waals surface area contributed by atoms with Crippen LogP contribution < -0.4 is 0 Å². The Morgan fingerprint density at radius 1 is 0.452 bits per heavy atom. The minimum Gasteiger partial charge on any atom is -0.375 e. The van der Waals surface area contributed by atoms with Crippen LogP contribution in [0.2, 0.25) is 24.2 Å². The standard InChI is InChI=1S/C18H42O9Si4/c1-7-19-28(20-8-2)15-13-17-30(25-28,23-11-5)27-31(24-12-6)18-14-16-29(26-31,21-9-3)22-10-4/h7-18H2,1-6H3. The van der Waals surface area contributed by atoms with Crippen molar-refractivity contribution >= 4 is 35.2 Å². The van der Waals surface area contributed by atoms with Gasteiger partial charge in [-0.1, -0.05) is 0 Å². The number of hydrogen-bond donors (Lipinski definition) is 0. The van der Waals surface area contributed by atoms with E-state index in [0.717, 1.165) is 24.9 Å². The Labute approximate surface area is 192 Å². The fraction of sp³-hybridized carbons (Fsp3) is 1.00. The van der Waals surface area contributed by atoms with Crippen molar-refractivity contribution in [2.24, 2.45) is 0 Å². The van der Waals surface area contributed by atoms with Gasteiger partial charge in [-0.25, -0.2) is 0 Å². The molecule has 0 radical (unpaired) electrons. The molecule has 2 unspecified atom stereocenters. The van der Waals surface area contributed by atoms with Crippen molar-refractivity contribution in [2.75, 3.05) is 39.6 Å². The van der Waals surface area contributed by atoms with E-state index in [1.165, 1.54) is 0 Å². The zero-order valence-electron chi connectivity index (χ0n) is 20.2. The highest BCUT2D eigenvalue weighted by molar-refractivity contribution is 6.85. The summed E-state index contributed by atoms with van der Waals surface area (Å²) in [5.74, 6) is 0. The minimum absolute atomic E-state index is 0.477. The van der Waals surface area contributed by atoms with Crippen LogP contribution >= 0.6 is 0 Å². The summed E-state index contributed by atoms with van der Waals surface area (Å²) in [7, 11) is -12.1. The molecule has 0 saturated carbocycles. The van der Waals surface area contributed by atoms with Crippen LogP contribution in [0.4, 0.5) is 0 Å². The van der Waals surface area contributed by atoms with Crippen LogP contribution in [0.1, 0.15) is 54.4 Å². The predicted molar refractivity (Wildman–Crippen MR) is 124 cm³/mol. The van der Waals surface area contributed by atoms with Crippen LogP contribution in [0.3, 0.4) is 0 Å². The molecule has 0 aliphatic carbocycles. The van der Waals surface area contributed by atoms with Gasteiger partial charge in [0, 0.05) is 63.8 Å². The molecule has 9 nitrogen and oxygen atoms in total. The van der Waals surface area contributed by atoms with Crippen molar-refractivity contribution in [2.45, 2.75) is 78.6 Å². The lowest BCUT2D eigenvalue weighted by Gasteiger charge is -2.48. The first-order chi connectivity index (χ1) is 14.9. The molecule has 0 aromatic heterocycles. The molecule has 13 heteroatoms. The van der Waals surface area contributed by atoms with Gasteiger partial charge in [0.2, 0.25) is 0 Å². The van der Waals surface area contributed by atoms with Crippen LogP contribution in [0.25, 0.3) is 0 Å².